The molecule has 0 radical (unpaired) electrons. The number of nitrogens with one attached hydrogen (secondary N) is 2. The van der Waals surface area contributed by atoms with Crippen LogP contribution in [0.3, 0.4) is 0 Å². The lowest BCUT2D eigenvalue weighted by Crippen LogP contribution is -2.21. The molecule has 0 aliphatic heterocycles. The molecule has 31 heavy (non-hydrogen) atoms. The van der Waals surface area contributed by atoms with E-state index in [1.54, 1.807) is 48.5 Å². The zero-order chi connectivity index (χ0) is 22.2. The molecule has 0 bridgehead atoms. The van der Waals surface area contributed by atoms with Gasteiger partial charge in [0.25, 0.3) is 11.8 Å². The quantitative estimate of drug-likeness (QED) is 0.411. The van der Waals surface area contributed by atoms with Crippen LogP contribution in [-0.4, -0.2) is 39.4 Å². The topological polar surface area (TPSA) is 98.2 Å². The van der Waals surface area contributed by atoms with Gasteiger partial charge < -0.3 is 19.5 Å². The Hall–Kier alpha value is -3.85. The van der Waals surface area contributed by atoms with Crippen molar-refractivity contribution in [2.24, 2.45) is 5.10 Å². The van der Waals surface area contributed by atoms with Crippen LogP contribution in [0.2, 0.25) is 0 Å². The molecule has 1 aromatic heterocycles. The smallest absolute Gasteiger partial charge is 0.273 e. The fraction of sp³-hybridized carbons (Fsp3) is 0.136. The zero-order valence-corrected chi connectivity index (χ0v) is 18.0. The van der Waals surface area contributed by atoms with Gasteiger partial charge in [-0.3, -0.25) is 9.59 Å². The van der Waals surface area contributed by atoms with Crippen molar-refractivity contribution in [2.45, 2.75) is 0 Å². The highest BCUT2D eigenvalue weighted by molar-refractivity contribution is 7.12. The molecule has 0 atom stereocenters. The number of benzene rings is 2. The van der Waals surface area contributed by atoms with Crippen LogP contribution in [-0.2, 0) is 0 Å². The Morgan fingerprint density at radius 2 is 1.65 bits per heavy atom. The first-order valence-corrected chi connectivity index (χ1v) is 10.0. The number of amides is 2. The molecule has 3 rings (SSSR count). The Morgan fingerprint density at radius 1 is 0.935 bits per heavy atom. The molecule has 160 valence electrons. The predicted octanol–water partition coefficient (Wildman–Crippen LogP) is 3.79. The minimum atomic E-state index is -0.467. The van der Waals surface area contributed by atoms with E-state index in [1.165, 1.54) is 38.9 Å². The van der Waals surface area contributed by atoms with E-state index < -0.39 is 5.91 Å². The number of carbonyl (C=O) groups is 2. The van der Waals surface area contributed by atoms with E-state index in [-0.39, 0.29) is 11.5 Å². The summed E-state index contributed by atoms with van der Waals surface area (Å²) in [5, 5.41) is 8.57. The van der Waals surface area contributed by atoms with E-state index in [0.29, 0.717) is 33.4 Å². The lowest BCUT2D eigenvalue weighted by Gasteiger charge is -2.12. The van der Waals surface area contributed by atoms with Gasteiger partial charge >= 0.3 is 0 Å². The maximum absolute atomic E-state index is 12.6. The maximum atomic E-state index is 12.6. The van der Waals surface area contributed by atoms with Crippen LogP contribution < -0.4 is 25.0 Å². The highest BCUT2D eigenvalue weighted by Crippen LogP contribution is 2.37. The van der Waals surface area contributed by atoms with Crippen molar-refractivity contribution in [3.8, 4) is 17.2 Å². The zero-order valence-electron chi connectivity index (χ0n) is 17.2. The molecule has 2 amide bonds. The largest absolute Gasteiger partial charge is 0.493 e. The number of hydrogen-bond donors (Lipinski definition) is 2. The fourth-order valence-electron chi connectivity index (χ4n) is 2.78. The van der Waals surface area contributed by atoms with Crippen LogP contribution in [0.15, 0.2) is 59.0 Å². The van der Waals surface area contributed by atoms with E-state index in [4.69, 9.17) is 14.2 Å². The van der Waals surface area contributed by atoms with Crippen LogP contribution in [0.25, 0.3) is 0 Å². The Bertz CT molecular complexity index is 1070. The number of thiophene rings is 1. The molecule has 9 heteroatoms. The molecule has 0 saturated carbocycles. The second-order valence-electron chi connectivity index (χ2n) is 6.13. The molecule has 2 aromatic carbocycles. The number of ether oxygens (including phenoxy) is 3. The van der Waals surface area contributed by atoms with Gasteiger partial charge in [0.15, 0.2) is 11.5 Å². The average Bonchev–Trinajstić information content (AvgIpc) is 3.33. The molecule has 8 nitrogen and oxygen atoms in total. The summed E-state index contributed by atoms with van der Waals surface area (Å²) < 4.78 is 15.9. The highest BCUT2D eigenvalue weighted by Gasteiger charge is 2.15. The molecule has 0 aliphatic carbocycles. The first kappa shape index (κ1) is 21.8. The van der Waals surface area contributed by atoms with Gasteiger partial charge in [-0.1, -0.05) is 18.2 Å². The van der Waals surface area contributed by atoms with Crippen molar-refractivity contribution in [1.29, 1.82) is 0 Å². The van der Waals surface area contributed by atoms with Gasteiger partial charge in [0.1, 0.15) is 0 Å². The number of rotatable bonds is 8. The summed E-state index contributed by atoms with van der Waals surface area (Å²) in [6, 6.07) is 13.6. The third-order valence-electron chi connectivity index (χ3n) is 4.23. The monoisotopic (exact) mass is 439 g/mol. The second kappa shape index (κ2) is 10.3. The summed E-state index contributed by atoms with van der Waals surface area (Å²) in [6.45, 7) is 0. The van der Waals surface area contributed by atoms with Crippen LogP contribution >= 0.6 is 11.3 Å². The maximum Gasteiger partial charge on any atom is 0.273 e. The summed E-state index contributed by atoms with van der Waals surface area (Å²) in [6.07, 6.45) is 1.45. The molecule has 0 spiro atoms. The number of hydrogen-bond acceptors (Lipinski definition) is 7. The summed E-state index contributed by atoms with van der Waals surface area (Å²) in [5.41, 5.74) is 3.78. The minimum absolute atomic E-state index is 0.281. The lowest BCUT2D eigenvalue weighted by molar-refractivity contribution is 0.0956. The number of carbonyl (C=O) groups excluding carboxylic acids is 2. The van der Waals surface area contributed by atoms with Gasteiger partial charge in [0.05, 0.1) is 43.7 Å². The van der Waals surface area contributed by atoms with Crippen LogP contribution in [0, 0.1) is 0 Å². The number of anilines is 1. The third-order valence-corrected chi connectivity index (χ3v) is 5.10. The van der Waals surface area contributed by atoms with Gasteiger partial charge in [0.2, 0.25) is 5.75 Å². The highest BCUT2D eigenvalue weighted by atomic mass is 32.1. The normalized spacial score (nSPS) is 10.5. The van der Waals surface area contributed by atoms with E-state index in [1.807, 2.05) is 5.38 Å². The second-order valence-corrected chi connectivity index (χ2v) is 7.08. The first-order valence-electron chi connectivity index (χ1n) is 9.14. The van der Waals surface area contributed by atoms with Crippen LogP contribution in [0.4, 0.5) is 5.69 Å². The number of hydrazone groups is 1. The molecular weight excluding hydrogens is 418 g/mol. The summed E-state index contributed by atoms with van der Waals surface area (Å²) in [5.74, 6) is 0.649. The SMILES string of the molecule is COc1cc(/C=N\NC(=O)c2ccccc2NC(=O)c2cccs2)cc(OC)c1OC. The molecule has 0 aliphatic rings. The summed E-state index contributed by atoms with van der Waals surface area (Å²) in [4.78, 5) is 25.5. The van der Waals surface area contributed by atoms with Gasteiger partial charge in [-0.05, 0) is 35.7 Å². The molecule has 0 unspecified atom stereocenters. The van der Waals surface area contributed by atoms with E-state index >= 15 is 0 Å². The number of methoxy groups -OCH3 is 3. The van der Waals surface area contributed by atoms with Crippen LogP contribution in [0.1, 0.15) is 25.6 Å². The summed E-state index contributed by atoms with van der Waals surface area (Å²) in [7, 11) is 4.55. The van der Waals surface area contributed by atoms with E-state index in [0.717, 1.165) is 0 Å². The minimum Gasteiger partial charge on any atom is -0.493 e. The molecule has 0 fully saturated rings. The molecular formula is C22H21N3O5S. The first-order chi connectivity index (χ1) is 15.1. The van der Waals surface area contributed by atoms with Crippen molar-refractivity contribution in [3.63, 3.8) is 0 Å². The fourth-order valence-corrected chi connectivity index (χ4v) is 3.40. The standard InChI is InChI=1S/C22H21N3O5S/c1-28-17-11-14(12-18(29-2)20(17)30-3)13-23-25-21(26)15-7-4-5-8-16(15)24-22(27)19-9-6-10-31-19/h4-13H,1-3H3,(H,24,27)(H,25,26)/b23-13-. The number of nitrogens with zero attached hydrogens (tertiary/aromatic N) is 1. The molecule has 1 heterocycles. The number of para-hydroxylation sites is 1. The Kier molecular flexibility index (Phi) is 7.23. The van der Waals surface area contributed by atoms with Gasteiger partial charge in [0, 0.05) is 5.56 Å². The molecule has 0 saturated heterocycles. The van der Waals surface area contributed by atoms with Gasteiger partial charge in [-0.25, -0.2) is 5.43 Å². The Morgan fingerprint density at radius 3 is 2.26 bits per heavy atom. The van der Waals surface area contributed by atoms with Crippen molar-refractivity contribution < 1.29 is 23.8 Å². The Labute approximate surface area is 183 Å². The van der Waals surface area contributed by atoms with E-state index in [9.17, 15) is 9.59 Å². The third kappa shape index (κ3) is 5.20. The lowest BCUT2D eigenvalue weighted by atomic mass is 10.1. The Balaban J connectivity index is 1.74. The average molecular weight is 439 g/mol. The van der Waals surface area contributed by atoms with Crippen molar-refractivity contribution in [3.05, 3.63) is 69.9 Å². The van der Waals surface area contributed by atoms with Gasteiger partial charge in [-0.2, -0.15) is 5.10 Å². The summed E-state index contributed by atoms with van der Waals surface area (Å²) >= 11 is 1.32. The molecule has 2 N–H and O–H groups in total. The predicted molar refractivity (Wildman–Crippen MR) is 120 cm³/mol. The van der Waals surface area contributed by atoms with Crippen molar-refractivity contribution in [1.82, 2.24) is 5.43 Å². The van der Waals surface area contributed by atoms with Gasteiger partial charge in [-0.15, -0.1) is 11.3 Å². The van der Waals surface area contributed by atoms with Crippen LogP contribution in [0.5, 0.6) is 17.2 Å². The van der Waals surface area contributed by atoms with Crippen molar-refractivity contribution in [2.75, 3.05) is 26.6 Å². The van der Waals surface area contributed by atoms with Crippen molar-refractivity contribution >= 4 is 35.1 Å². The van der Waals surface area contributed by atoms with E-state index in [2.05, 4.69) is 15.8 Å². The molecule has 3 aromatic rings.